The Morgan fingerprint density at radius 3 is 2.47 bits per heavy atom. The minimum Gasteiger partial charge on any atom is -0.493 e. The fourth-order valence-corrected chi connectivity index (χ4v) is 3.21. The molecule has 1 heterocycles. The number of hydrogen-bond acceptors (Lipinski definition) is 5. The molecule has 152 valence electrons. The standard InChI is InChI=1S/C24H22N2O4/c1-28-21-13-7-16(15-22(21)29-2)8-14-23(27)25-18-11-9-17(10-12-18)24-26-19-5-3-4-6-20(19)30-24/h3-7,9-13,15H,8,14H2,1-2H3,(H,25,27). The van der Waals surface area contributed by atoms with Gasteiger partial charge in [-0.3, -0.25) is 4.79 Å². The Bertz CT molecular complexity index is 1130. The van der Waals surface area contributed by atoms with E-state index in [1.807, 2.05) is 66.7 Å². The molecule has 0 fully saturated rings. The SMILES string of the molecule is COc1ccc(CCC(=O)Nc2ccc(-c3nc4ccccc4o3)cc2)cc1OC. The van der Waals surface area contributed by atoms with E-state index in [1.165, 1.54) is 0 Å². The fraction of sp³-hybridized carbons (Fsp3) is 0.167. The molecule has 0 bridgehead atoms. The molecular weight excluding hydrogens is 380 g/mol. The molecular formula is C24H22N2O4. The third-order valence-corrected chi connectivity index (χ3v) is 4.80. The number of ether oxygens (including phenoxy) is 2. The number of carbonyl (C=O) groups excluding carboxylic acids is 1. The molecule has 4 aromatic rings. The summed E-state index contributed by atoms with van der Waals surface area (Å²) in [6, 6.07) is 20.8. The third kappa shape index (κ3) is 4.27. The van der Waals surface area contributed by atoms with Crippen molar-refractivity contribution in [2.45, 2.75) is 12.8 Å². The van der Waals surface area contributed by atoms with Gasteiger partial charge in [-0.1, -0.05) is 18.2 Å². The molecule has 0 atom stereocenters. The number of para-hydroxylation sites is 2. The highest BCUT2D eigenvalue weighted by atomic mass is 16.5. The van der Waals surface area contributed by atoms with Crippen LogP contribution in [0.25, 0.3) is 22.6 Å². The van der Waals surface area contributed by atoms with Crippen molar-refractivity contribution in [2.75, 3.05) is 19.5 Å². The number of benzene rings is 3. The summed E-state index contributed by atoms with van der Waals surface area (Å²) in [7, 11) is 3.19. The lowest BCUT2D eigenvalue weighted by Crippen LogP contribution is -2.12. The molecule has 0 aliphatic carbocycles. The molecule has 0 saturated carbocycles. The largest absolute Gasteiger partial charge is 0.493 e. The van der Waals surface area contributed by atoms with Crippen LogP contribution in [0.2, 0.25) is 0 Å². The minimum atomic E-state index is -0.0561. The number of carbonyl (C=O) groups is 1. The van der Waals surface area contributed by atoms with Crippen molar-refractivity contribution in [3.05, 3.63) is 72.3 Å². The molecule has 1 amide bonds. The highest BCUT2D eigenvalue weighted by Crippen LogP contribution is 2.28. The maximum absolute atomic E-state index is 12.3. The Labute approximate surface area is 174 Å². The monoisotopic (exact) mass is 402 g/mol. The van der Waals surface area contributed by atoms with Crippen LogP contribution < -0.4 is 14.8 Å². The molecule has 30 heavy (non-hydrogen) atoms. The van der Waals surface area contributed by atoms with Crippen molar-refractivity contribution in [2.24, 2.45) is 0 Å². The summed E-state index contributed by atoms with van der Waals surface area (Å²) in [5.74, 6) is 1.83. The van der Waals surface area contributed by atoms with Crippen molar-refractivity contribution in [1.82, 2.24) is 4.98 Å². The number of aromatic nitrogens is 1. The number of oxazole rings is 1. The van der Waals surface area contributed by atoms with Crippen LogP contribution >= 0.6 is 0 Å². The molecule has 6 heteroatoms. The number of rotatable bonds is 7. The zero-order valence-electron chi connectivity index (χ0n) is 16.8. The van der Waals surface area contributed by atoms with E-state index in [0.717, 1.165) is 27.9 Å². The highest BCUT2D eigenvalue weighted by molar-refractivity contribution is 5.91. The van der Waals surface area contributed by atoms with Gasteiger partial charge < -0.3 is 19.2 Å². The summed E-state index contributed by atoms with van der Waals surface area (Å²) in [4.78, 5) is 16.8. The van der Waals surface area contributed by atoms with E-state index in [2.05, 4.69) is 10.3 Å². The average Bonchev–Trinajstić information content (AvgIpc) is 3.22. The van der Waals surface area contributed by atoms with Crippen LogP contribution in [0, 0.1) is 0 Å². The van der Waals surface area contributed by atoms with Gasteiger partial charge in [-0.25, -0.2) is 4.98 Å². The molecule has 1 aromatic heterocycles. The number of hydrogen-bond donors (Lipinski definition) is 1. The number of fused-ring (bicyclic) bond motifs is 1. The van der Waals surface area contributed by atoms with E-state index in [9.17, 15) is 4.79 Å². The van der Waals surface area contributed by atoms with E-state index in [4.69, 9.17) is 13.9 Å². The van der Waals surface area contributed by atoms with Crippen molar-refractivity contribution in [3.8, 4) is 23.0 Å². The van der Waals surface area contributed by atoms with Gasteiger partial charge in [0, 0.05) is 17.7 Å². The molecule has 6 nitrogen and oxygen atoms in total. The Morgan fingerprint density at radius 1 is 0.967 bits per heavy atom. The van der Waals surface area contributed by atoms with Crippen molar-refractivity contribution < 1.29 is 18.7 Å². The first-order chi connectivity index (χ1) is 14.7. The second kappa shape index (κ2) is 8.69. The third-order valence-electron chi connectivity index (χ3n) is 4.80. The van der Waals surface area contributed by atoms with Crippen LogP contribution in [0.15, 0.2) is 71.1 Å². The van der Waals surface area contributed by atoms with Crippen LogP contribution in [-0.2, 0) is 11.2 Å². The zero-order chi connectivity index (χ0) is 20.9. The van der Waals surface area contributed by atoms with Crippen molar-refractivity contribution in [1.29, 1.82) is 0 Å². The summed E-state index contributed by atoms with van der Waals surface area (Å²) in [5, 5.41) is 2.92. The average molecular weight is 402 g/mol. The van der Waals surface area contributed by atoms with E-state index < -0.39 is 0 Å². The number of amides is 1. The number of methoxy groups -OCH3 is 2. The number of nitrogens with zero attached hydrogens (tertiary/aromatic N) is 1. The molecule has 1 N–H and O–H groups in total. The topological polar surface area (TPSA) is 73.6 Å². The van der Waals surface area contributed by atoms with Gasteiger partial charge in [-0.15, -0.1) is 0 Å². The Kier molecular flexibility index (Phi) is 5.66. The zero-order valence-corrected chi connectivity index (χ0v) is 16.8. The summed E-state index contributed by atoms with van der Waals surface area (Å²) in [5.41, 5.74) is 4.16. The lowest BCUT2D eigenvalue weighted by atomic mass is 10.1. The minimum absolute atomic E-state index is 0.0561. The quantitative estimate of drug-likeness (QED) is 0.466. The summed E-state index contributed by atoms with van der Waals surface area (Å²) in [6.07, 6.45) is 0.968. The van der Waals surface area contributed by atoms with Gasteiger partial charge in [0.05, 0.1) is 14.2 Å². The molecule has 0 radical (unpaired) electrons. The molecule has 0 saturated heterocycles. The number of nitrogens with one attached hydrogen (secondary N) is 1. The first-order valence-electron chi connectivity index (χ1n) is 9.63. The molecule has 3 aromatic carbocycles. The molecule has 0 aliphatic rings. The first kappa shape index (κ1) is 19.5. The Balaban J connectivity index is 1.37. The van der Waals surface area contributed by atoms with Gasteiger partial charge in [0.2, 0.25) is 11.8 Å². The summed E-state index contributed by atoms with van der Waals surface area (Å²) < 4.78 is 16.3. The Hall–Kier alpha value is -3.80. The van der Waals surface area contributed by atoms with Crippen LogP contribution in [0.4, 0.5) is 5.69 Å². The van der Waals surface area contributed by atoms with Crippen molar-refractivity contribution in [3.63, 3.8) is 0 Å². The first-order valence-corrected chi connectivity index (χ1v) is 9.63. The summed E-state index contributed by atoms with van der Waals surface area (Å²) in [6.45, 7) is 0. The van der Waals surface area contributed by atoms with Gasteiger partial charge >= 0.3 is 0 Å². The second-order valence-electron chi connectivity index (χ2n) is 6.80. The van der Waals surface area contributed by atoms with Gasteiger partial charge in [-0.2, -0.15) is 0 Å². The molecule has 0 aliphatic heterocycles. The maximum atomic E-state index is 12.3. The lowest BCUT2D eigenvalue weighted by molar-refractivity contribution is -0.116. The van der Waals surface area contributed by atoms with Crippen molar-refractivity contribution >= 4 is 22.7 Å². The van der Waals surface area contributed by atoms with E-state index >= 15 is 0 Å². The Morgan fingerprint density at radius 2 is 1.73 bits per heavy atom. The highest BCUT2D eigenvalue weighted by Gasteiger charge is 2.10. The smallest absolute Gasteiger partial charge is 0.227 e. The molecule has 0 unspecified atom stereocenters. The van der Waals surface area contributed by atoms with Gasteiger partial charge in [0.25, 0.3) is 0 Å². The molecule has 0 spiro atoms. The number of anilines is 1. The van der Waals surface area contributed by atoms with Gasteiger partial charge in [-0.05, 0) is 60.5 Å². The van der Waals surface area contributed by atoms with Crippen LogP contribution in [0.1, 0.15) is 12.0 Å². The maximum Gasteiger partial charge on any atom is 0.227 e. The normalized spacial score (nSPS) is 10.7. The van der Waals surface area contributed by atoms with Gasteiger partial charge in [0.15, 0.2) is 17.1 Å². The van der Waals surface area contributed by atoms with Crippen LogP contribution in [-0.4, -0.2) is 25.1 Å². The van der Waals surface area contributed by atoms with Crippen LogP contribution in [0.5, 0.6) is 11.5 Å². The van der Waals surface area contributed by atoms with Gasteiger partial charge in [0.1, 0.15) is 5.52 Å². The van der Waals surface area contributed by atoms with Crippen LogP contribution in [0.3, 0.4) is 0 Å². The predicted molar refractivity (Wildman–Crippen MR) is 116 cm³/mol. The second-order valence-corrected chi connectivity index (χ2v) is 6.80. The molecule has 4 rings (SSSR count). The summed E-state index contributed by atoms with van der Waals surface area (Å²) >= 11 is 0. The van der Waals surface area contributed by atoms with E-state index in [1.54, 1.807) is 14.2 Å². The predicted octanol–water partition coefficient (Wildman–Crippen LogP) is 5.08. The van der Waals surface area contributed by atoms with E-state index in [0.29, 0.717) is 30.2 Å². The number of aryl methyl sites for hydroxylation is 1. The van der Waals surface area contributed by atoms with E-state index in [-0.39, 0.29) is 5.91 Å². The lowest BCUT2D eigenvalue weighted by Gasteiger charge is -2.10. The fourth-order valence-electron chi connectivity index (χ4n) is 3.21.